The molecule has 200 valence electrons. The molecular weight excluding hydrogens is 544 g/mol. The number of aromatic nitrogens is 1. The molecule has 1 N–H and O–H groups in total. The summed E-state index contributed by atoms with van der Waals surface area (Å²) < 4.78 is 6.47. The monoisotopic (exact) mass is 574 g/mol. The van der Waals surface area contributed by atoms with Crippen LogP contribution >= 0.6 is 35.6 Å². The van der Waals surface area contributed by atoms with Gasteiger partial charge in [-0.2, -0.15) is 0 Å². The van der Waals surface area contributed by atoms with E-state index in [0.29, 0.717) is 5.11 Å². The maximum atomic E-state index is 6.91. The minimum atomic E-state index is -0.225. The molecule has 2 saturated heterocycles. The summed E-state index contributed by atoms with van der Waals surface area (Å²) in [5, 5.41) is 5.70. The van der Waals surface area contributed by atoms with Gasteiger partial charge < -0.3 is 19.5 Å². The third-order valence-electron chi connectivity index (χ3n) is 7.56. The number of nitrogens with one attached hydrogen (secondary N) is 1. The Kier molecular flexibility index (Phi) is 7.56. The SMILES string of the molecule is Cc1ccc(Sc2ccc([C@H]3[C@@H](c4ccccn4)NC(=S)N3c3ccc(N4CCC(C)CC4)c(Cl)c3)o2)cc1. The molecule has 0 radical (unpaired) electrons. The predicted octanol–water partition coefficient (Wildman–Crippen LogP) is 8.20. The Morgan fingerprint density at radius 3 is 2.54 bits per heavy atom. The fourth-order valence-corrected chi connectivity index (χ4v) is 6.76. The van der Waals surface area contributed by atoms with Gasteiger partial charge in [0.1, 0.15) is 11.8 Å². The Morgan fingerprint density at radius 2 is 1.82 bits per heavy atom. The molecule has 4 aromatic rings. The molecule has 6 rings (SSSR count). The Hall–Kier alpha value is -3.00. The lowest BCUT2D eigenvalue weighted by molar-refractivity contribution is 0.383. The number of thiocarbonyl (C=S) groups is 1. The van der Waals surface area contributed by atoms with Crippen molar-refractivity contribution in [2.24, 2.45) is 5.92 Å². The van der Waals surface area contributed by atoms with Crippen molar-refractivity contribution in [1.82, 2.24) is 10.3 Å². The normalized spacial score (nSPS) is 19.9. The van der Waals surface area contributed by atoms with Crippen LogP contribution in [0.4, 0.5) is 11.4 Å². The average molecular weight is 575 g/mol. The van der Waals surface area contributed by atoms with Crippen LogP contribution in [-0.4, -0.2) is 23.2 Å². The van der Waals surface area contributed by atoms with Crippen molar-refractivity contribution in [2.45, 2.75) is 48.8 Å². The number of hydrogen-bond donors (Lipinski definition) is 1. The summed E-state index contributed by atoms with van der Waals surface area (Å²) in [5.74, 6) is 1.58. The van der Waals surface area contributed by atoms with Gasteiger partial charge in [0.2, 0.25) is 0 Å². The second kappa shape index (κ2) is 11.2. The molecule has 4 heterocycles. The van der Waals surface area contributed by atoms with E-state index in [1.807, 2.05) is 42.6 Å². The van der Waals surface area contributed by atoms with Gasteiger partial charge >= 0.3 is 0 Å². The van der Waals surface area contributed by atoms with Crippen molar-refractivity contribution in [2.75, 3.05) is 22.9 Å². The summed E-state index contributed by atoms with van der Waals surface area (Å²) in [4.78, 5) is 10.3. The van der Waals surface area contributed by atoms with Crippen LogP contribution in [-0.2, 0) is 0 Å². The minimum Gasteiger partial charge on any atom is -0.452 e. The fourth-order valence-electron chi connectivity index (χ4n) is 5.34. The maximum absolute atomic E-state index is 6.91. The molecule has 0 saturated carbocycles. The number of anilines is 2. The number of rotatable bonds is 6. The molecule has 0 amide bonds. The van der Waals surface area contributed by atoms with E-state index in [9.17, 15) is 0 Å². The van der Waals surface area contributed by atoms with Gasteiger partial charge in [0.05, 0.1) is 22.4 Å². The van der Waals surface area contributed by atoms with Crippen molar-refractivity contribution >= 4 is 52.1 Å². The third-order valence-corrected chi connectivity index (χ3v) is 9.11. The highest BCUT2D eigenvalue weighted by atomic mass is 35.5. The van der Waals surface area contributed by atoms with E-state index in [4.69, 9.17) is 28.2 Å². The molecular formula is C31H31ClN4OS2. The number of pyridine rings is 1. The van der Waals surface area contributed by atoms with Crippen molar-refractivity contribution in [1.29, 1.82) is 0 Å². The lowest BCUT2D eigenvalue weighted by atomic mass is 9.98. The lowest BCUT2D eigenvalue weighted by Crippen LogP contribution is -2.33. The molecule has 2 aromatic carbocycles. The summed E-state index contributed by atoms with van der Waals surface area (Å²) >= 11 is 14.4. The van der Waals surface area contributed by atoms with E-state index >= 15 is 0 Å². The van der Waals surface area contributed by atoms with Crippen LogP contribution in [0.5, 0.6) is 0 Å². The van der Waals surface area contributed by atoms with E-state index < -0.39 is 0 Å². The van der Waals surface area contributed by atoms with Crippen LogP contribution in [0.25, 0.3) is 0 Å². The van der Waals surface area contributed by atoms with Gasteiger partial charge in [-0.05, 0) is 92.5 Å². The van der Waals surface area contributed by atoms with E-state index in [1.165, 1.54) is 18.4 Å². The quantitative estimate of drug-likeness (QED) is 0.233. The zero-order valence-electron chi connectivity index (χ0n) is 22.0. The zero-order chi connectivity index (χ0) is 26.9. The first-order valence-electron chi connectivity index (χ1n) is 13.4. The van der Waals surface area contributed by atoms with Gasteiger partial charge in [0.25, 0.3) is 0 Å². The molecule has 8 heteroatoms. The van der Waals surface area contributed by atoms with Crippen molar-refractivity contribution in [3.8, 4) is 0 Å². The molecule has 39 heavy (non-hydrogen) atoms. The van der Waals surface area contributed by atoms with Crippen molar-refractivity contribution in [3.63, 3.8) is 0 Å². The highest BCUT2D eigenvalue weighted by Crippen LogP contribution is 2.45. The van der Waals surface area contributed by atoms with Gasteiger partial charge in [-0.1, -0.05) is 54.0 Å². The Bertz CT molecular complexity index is 1450. The van der Waals surface area contributed by atoms with Crippen LogP contribution in [0.15, 0.2) is 93.4 Å². The van der Waals surface area contributed by atoms with Gasteiger partial charge in [-0.15, -0.1) is 0 Å². The number of halogens is 1. The van der Waals surface area contributed by atoms with Crippen LogP contribution in [0.2, 0.25) is 5.02 Å². The highest BCUT2D eigenvalue weighted by molar-refractivity contribution is 7.99. The number of nitrogens with zero attached hydrogens (tertiary/aromatic N) is 3. The number of piperidine rings is 1. The third kappa shape index (κ3) is 5.53. The Balaban J connectivity index is 1.33. The van der Waals surface area contributed by atoms with Crippen LogP contribution in [0, 0.1) is 12.8 Å². The predicted molar refractivity (Wildman–Crippen MR) is 164 cm³/mol. The summed E-state index contributed by atoms with van der Waals surface area (Å²) in [6.07, 6.45) is 4.19. The van der Waals surface area contributed by atoms with Crippen molar-refractivity contribution < 1.29 is 4.42 Å². The minimum absolute atomic E-state index is 0.177. The van der Waals surface area contributed by atoms with Gasteiger partial charge in [-0.25, -0.2) is 0 Å². The van der Waals surface area contributed by atoms with Gasteiger partial charge in [0, 0.05) is 29.9 Å². The molecule has 2 aliphatic heterocycles. The standard InChI is InChI=1S/C31H31ClN4OS2/c1-20-6-9-23(10-7-20)39-28-13-12-27(37-28)30-29(25-5-3-4-16-33-25)34-31(38)36(30)22-8-11-26(24(32)19-22)35-17-14-21(2)15-18-35/h3-13,16,19,21,29-30H,14-15,17-18H2,1-2H3,(H,34,38)/t29-,30+/m1/s1. The van der Waals surface area contributed by atoms with E-state index in [0.717, 1.165) is 56.8 Å². The number of hydrogen-bond acceptors (Lipinski definition) is 5. The highest BCUT2D eigenvalue weighted by Gasteiger charge is 2.42. The summed E-state index contributed by atoms with van der Waals surface area (Å²) in [6, 6.07) is 24.4. The Labute approximate surface area is 244 Å². The number of furan rings is 1. The fraction of sp³-hybridized carbons (Fsp3) is 0.290. The second-order valence-corrected chi connectivity index (χ2v) is 12.2. The maximum Gasteiger partial charge on any atom is 0.174 e. The lowest BCUT2D eigenvalue weighted by Gasteiger charge is -2.33. The average Bonchev–Trinajstić information content (AvgIpc) is 3.55. The topological polar surface area (TPSA) is 44.5 Å². The molecule has 2 aliphatic rings. The Morgan fingerprint density at radius 1 is 1.03 bits per heavy atom. The van der Waals surface area contributed by atoms with Crippen LogP contribution in [0.3, 0.4) is 0 Å². The number of benzene rings is 2. The molecule has 2 atom stereocenters. The molecule has 2 aromatic heterocycles. The van der Waals surface area contributed by atoms with Crippen LogP contribution in [0.1, 0.15) is 48.9 Å². The first kappa shape index (κ1) is 26.2. The summed E-state index contributed by atoms with van der Waals surface area (Å²) in [5.41, 5.74) is 4.15. The van der Waals surface area contributed by atoms with Gasteiger partial charge in [-0.3, -0.25) is 4.98 Å². The largest absolute Gasteiger partial charge is 0.452 e. The molecule has 0 spiro atoms. The van der Waals surface area contributed by atoms with Gasteiger partial charge in [0.15, 0.2) is 10.2 Å². The zero-order valence-corrected chi connectivity index (χ0v) is 24.4. The molecule has 0 unspecified atom stereocenters. The molecule has 5 nitrogen and oxygen atoms in total. The second-order valence-electron chi connectivity index (χ2n) is 10.4. The summed E-state index contributed by atoms with van der Waals surface area (Å²) in [7, 11) is 0. The van der Waals surface area contributed by atoms with E-state index in [-0.39, 0.29) is 12.1 Å². The molecule has 2 fully saturated rings. The molecule has 0 bridgehead atoms. The van der Waals surface area contributed by atoms with Crippen molar-refractivity contribution in [3.05, 3.63) is 101 Å². The first-order valence-corrected chi connectivity index (χ1v) is 15.0. The number of aryl methyl sites for hydroxylation is 1. The van der Waals surface area contributed by atoms with E-state index in [2.05, 4.69) is 70.3 Å². The van der Waals surface area contributed by atoms with E-state index in [1.54, 1.807) is 11.8 Å². The van der Waals surface area contributed by atoms with Crippen LogP contribution < -0.4 is 15.1 Å². The smallest absolute Gasteiger partial charge is 0.174 e. The first-order chi connectivity index (χ1) is 19.0. The molecule has 0 aliphatic carbocycles. The summed E-state index contributed by atoms with van der Waals surface area (Å²) in [6.45, 7) is 6.47.